The molecule has 2 aromatic carbocycles. The van der Waals surface area contributed by atoms with Crippen molar-refractivity contribution in [2.75, 3.05) is 19.6 Å². The monoisotopic (exact) mass is 396 g/mol. The van der Waals surface area contributed by atoms with E-state index in [0.717, 1.165) is 35.6 Å². The molecule has 1 aliphatic rings. The fourth-order valence-corrected chi connectivity index (χ4v) is 3.36. The van der Waals surface area contributed by atoms with E-state index in [1.807, 2.05) is 36.5 Å². The second-order valence-electron chi connectivity index (χ2n) is 7.22. The third-order valence-electron chi connectivity index (χ3n) is 5.03. The highest BCUT2D eigenvalue weighted by molar-refractivity contribution is 6.00. The van der Waals surface area contributed by atoms with Crippen LogP contribution in [-0.4, -0.2) is 35.3 Å². The van der Waals surface area contributed by atoms with Gasteiger partial charge in [-0.15, -0.1) is 12.4 Å². The van der Waals surface area contributed by atoms with Gasteiger partial charge < -0.3 is 10.6 Å². The van der Waals surface area contributed by atoms with E-state index in [4.69, 9.17) is 5.10 Å². The standard InChI is InChI=1S/C22H24N4O.ClH/c1-15-8-9-19(16(2)10-15)21-20(22(27)24-13-17-11-23-12-17)14-26(25-21)18-6-4-3-5-7-18;/h3-10,14,17,23H,11-13H2,1-2H3,(H,24,27);1H. The first-order valence-corrected chi connectivity index (χ1v) is 9.33. The molecule has 0 unspecified atom stereocenters. The van der Waals surface area contributed by atoms with Crippen LogP contribution in [0.3, 0.4) is 0 Å². The van der Waals surface area contributed by atoms with E-state index >= 15 is 0 Å². The maximum Gasteiger partial charge on any atom is 0.255 e. The number of aromatic nitrogens is 2. The molecule has 0 saturated carbocycles. The Labute approximate surface area is 171 Å². The average molecular weight is 397 g/mol. The maximum absolute atomic E-state index is 12.9. The number of nitrogens with one attached hydrogen (secondary N) is 2. The number of benzene rings is 2. The number of carbonyl (C=O) groups is 1. The van der Waals surface area contributed by atoms with Crippen LogP contribution in [0, 0.1) is 19.8 Å². The fourth-order valence-electron chi connectivity index (χ4n) is 3.36. The molecule has 0 aliphatic carbocycles. The molecule has 0 bridgehead atoms. The summed E-state index contributed by atoms with van der Waals surface area (Å²) in [7, 11) is 0. The lowest BCUT2D eigenvalue weighted by Crippen LogP contribution is -2.48. The van der Waals surface area contributed by atoms with Crippen molar-refractivity contribution < 1.29 is 4.79 Å². The number of halogens is 1. The van der Waals surface area contributed by atoms with Gasteiger partial charge in [-0.2, -0.15) is 5.10 Å². The average Bonchev–Trinajstić information content (AvgIpc) is 3.06. The van der Waals surface area contributed by atoms with Crippen molar-refractivity contribution in [3.8, 4) is 16.9 Å². The smallest absolute Gasteiger partial charge is 0.255 e. The molecule has 2 N–H and O–H groups in total. The van der Waals surface area contributed by atoms with Gasteiger partial charge in [0.05, 0.1) is 11.3 Å². The van der Waals surface area contributed by atoms with Gasteiger partial charge in [0.2, 0.25) is 0 Å². The molecule has 0 radical (unpaired) electrons. The first kappa shape index (κ1) is 20.1. The Morgan fingerprint density at radius 2 is 1.93 bits per heavy atom. The van der Waals surface area contributed by atoms with Crippen molar-refractivity contribution in [1.29, 1.82) is 0 Å². The second kappa shape index (κ2) is 8.59. The van der Waals surface area contributed by atoms with Crippen LogP contribution in [0.15, 0.2) is 54.7 Å². The number of hydrogen-bond acceptors (Lipinski definition) is 3. The molecule has 0 spiro atoms. The molecular formula is C22H25ClN4O. The van der Waals surface area contributed by atoms with E-state index in [0.29, 0.717) is 18.0 Å². The summed E-state index contributed by atoms with van der Waals surface area (Å²) in [5, 5.41) is 11.1. The van der Waals surface area contributed by atoms with Gasteiger partial charge in [0.15, 0.2) is 0 Å². The van der Waals surface area contributed by atoms with Crippen molar-refractivity contribution in [3.63, 3.8) is 0 Å². The zero-order valence-electron chi connectivity index (χ0n) is 16.1. The Morgan fingerprint density at radius 3 is 2.57 bits per heavy atom. The molecule has 3 aromatic rings. The molecule has 4 rings (SSSR count). The normalized spacial score (nSPS) is 13.5. The van der Waals surface area contributed by atoms with Gasteiger partial charge in [-0.3, -0.25) is 4.79 Å². The van der Waals surface area contributed by atoms with Gasteiger partial charge in [-0.1, -0.05) is 42.0 Å². The van der Waals surface area contributed by atoms with Crippen molar-refractivity contribution >= 4 is 18.3 Å². The van der Waals surface area contributed by atoms with E-state index in [-0.39, 0.29) is 18.3 Å². The molecule has 1 saturated heterocycles. The topological polar surface area (TPSA) is 59.0 Å². The van der Waals surface area contributed by atoms with Crippen LogP contribution in [0.1, 0.15) is 21.5 Å². The predicted molar refractivity (Wildman–Crippen MR) is 114 cm³/mol. The zero-order chi connectivity index (χ0) is 18.8. The highest BCUT2D eigenvalue weighted by Gasteiger charge is 2.22. The Morgan fingerprint density at radius 1 is 1.18 bits per heavy atom. The number of aryl methyl sites for hydroxylation is 2. The number of carbonyl (C=O) groups excluding carboxylic acids is 1. The summed E-state index contributed by atoms with van der Waals surface area (Å²) in [6.07, 6.45) is 1.83. The molecule has 2 heterocycles. The minimum absolute atomic E-state index is 0. The maximum atomic E-state index is 12.9. The summed E-state index contributed by atoms with van der Waals surface area (Å²) < 4.78 is 1.79. The van der Waals surface area contributed by atoms with Gasteiger partial charge in [0.1, 0.15) is 5.69 Å². The Kier molecular flexibility index (Phi) is 6.17. The van der Waals surface area contributed by atoms with Crippen LogP contribution < -0.4 is 10.6 Å². The minimum atomic E-state index is -0.0703. The first-order valence-electron chi connectivity index (χ1n) is 9.33. The molecule has 0 atom stereocenters. The van der Waals surface area contributed by atoms with Gasteiger partial charge in [0, 0.05) is 37.3 Å². The molecule has 1 aliphatic heterocycles. The molecule has 5 nitrogen and oxygen atoms in total. The van der Waals surface area contributed by atoms with Gasteiger partial charge in [0.25, 0.3) is 5.91 Å². The number of para-hydroxylation sites is 1. The summed E-state index contributed by atoms with van der Waals surface area (Å²) in [4.78, 5) is 12.9. The molecule has 28 heavy (non-hydrogen) atoms. The summed E-state index contributed by atoms with van der Waals surface area (Å²) in [5.41, 5.74) is 5.57. The Hall–Kier alpha value is -2.63. The minimum Gasteiger partial charge on any atom is -0.352 e. The first-order chi connectivity index (χ1) is 13.1. The van der Waals surface area contributed by atoms with Crippen molar-refractivity contribution in [3.05, 3.63) is 71.4 Å². The molecule has 6 heteroatoms. The van der Waals surface area contributed by atoms with Crippen LogP contribution >= 0.6 is 12.4 Å². The molecular weight excluding hydrogens is 372 g/mol. The van der Waals surface area contributed by atoms with Crippen molar-refractivity contribution in [1.82, 2.24) is 20.4 Å². The quantitative estimate of drug-likeness (QED) is 0.693. The lowest BCUT2D eigenvalue weighted by Gasteiger charge is -2.27. The third kappa shape index (κ3) is 4.11. The highest BCUT2D eigenvalue weighted by atomic mass is 35.5. The van der Waals surface area contributed by atoms with Gasteiger partial charge in [-0.25, -0.2) is 4.68 Å². The van der Waals surface area contributed by atoms with E-state index in [1.54, 1.807) is 4.68 Å². The Balaban J connectivity index is 0.00000225. The summed E-state index contributed by atoms with van der Waals surface area (Å²) in [5.74, 6) is 0.446. The summed E-state index contributed by atoms with van der Waals surface area (Å²) >= 11 is 0. The van der Waals surface area contributed by atoms with E-state index in [2.05, 4.69) is 42.7 Å². The van der Waals surface area contributed by atoms with Crippen LogP contribution in [0.2, 0.25) is 0 Å². The van der Waals surface area contributed by atoms with Crippen molar-refractivity contribution in [2.24, 2.45) is 5.92 Å². The molecule has 1 amide bonds. The lowest BCUT2D eigenvalue weighted by molar-refractivity contribution is 0.0943. The van der Waals surface area contributed by atoms with Crippen LogP contribution in [0.25, 0.3) is 16.9 Å². The molecule has 1 fully saturated rings. The van der Waals surface area contributed by atoms with Crippen molar-refractivity contribution in [2.45, 2.75) is 13.8 Å². The van der Waals surface area contributed by atoms with E-state index < -0.39 is 0 Å². The highest BCUT2D eigenvalue weighted by Crippen LogP contribution is 2.27. The number of rotatable bonds is 5. The lowest BCUT2D eigenvalue weighted by atomic mass is 10.00. The predicted octanol–water partition coefficient (Wildman–Crippen LogP) is 3.53. The second-order valence-corrected chi connectivity index (χ2v) is 7.22. The van der Waals surface area contributed by atoms with Gasteiger partial charge >= 0.3 is 0 Å². The van der Waals surface area contributed by atoms with Crippen LogP contribution in [0.4, 0.5) is 0 Å². The largest absolute Gasteiger partial charge is 0.352 e. The van der Waals surface area contributed by atoms with Gasteiger partial charge in [-0.05, 0) is 31.5 Å². The third-order valence-corrected chi connectivity index (χ3v) is 5.03. The van der Waals surface area contributed by atoms with Crippen LogP contribution in [0.5, 0.6) is 0 Å². The number of amides is 1. The SMILES string of the molecule is Cc1ccc(-c2nn(-c3ccccc3)cc2C(=O)NCC2CNC2)c(C)c1.Cl. The molecule has 146 valence electrons. The van der Waals surface area contributed by atoms with E-state index in [1.165, 1.54) is 5.56 Å². The number of hydrogen-bond donors (Lipinski definition) is 2. The van der Waals surface area contributed by atoms with Crippen LogP contribution in [-0.2, 0) is 0 Å². The Bertz CT molecular complexity index is 964. The summed E-state index contributed by atoms with van der Waals surface area (Å²) in [6, 6.07) is 16.1. The number of nitrogens with zero attached hydrogens (tertiary/aromatic N) is 2. The zero-order valence-corrected chi connectivity index (χ0v) is 16.9. The summed E-state index contributed by atoms with van der Waals surface area (Å²) in [6.45, 7) is 6.75. The fraction of sp³-hybridized carbons (Fsp3) is 0.273. The molecule has 1 aromatic heterocycles. The van der Waals surface area contributed by atoms with E-state index in [9.17, 15) is 4.79 Å².